The summed E-state index contributed by atoms with van der Waals surface area (Å²) in [6.45, 7) is 0. The molecular weight excluding hydrogens is 370 g/mol. The van der Waals surface area contributed by atoms with Gasteiger partial charge in [-0.3, -0.25) is 9.59 Å². The van der Waals surface area contributed by atoms with Crippen LogP contribution in [0.25, 0.3) is 11.4 Å². The number of methoxy groups -OCH3 is 1. The molecule has 3 aromatic rings. The molecule has 0 saturated heterocycles. The van der Waals surface area contributed by atoms with Crippen molar-refractivity contribution in [1.82, 2.24) is 20.3 Å². The van der Waals surface area contributed by atoms with Crippen LogP contribution in [0, 0.1) is 0 Å². The average molecular weight is 389 g/mol. The van der Waals surface area contributed by atoms with Crippen LogP contribution in [0.4, 0.5) is 5.69 Å². The topological polar surface area (TPSA) is 97.3 Å². The van der Waals surface area contributed by atoms with Gasteiger partial charge in [0.1, 0.15) is 24.4 Å². The molecule has 0 bridgehead atoms. The lowest BCUT2D eigenvalue weighted by atomic mass is 10.0. The Morgan fingerprint density at radius 1 is 1.07 bits per heavy atom. The Balaban J connectivity index is 1.57. The second kappa shape index (κ2) is 7.67. The number of benzene rings is 2. The number of anilines is 1. The van der Waals surface area contributed by atoms with Crippen LogP contribution in [0.1, 0.15) is 15.9 Å². The van der Waals surface area contributed by atoms with E-state index in [0.717, 1.165) is 11.1 Å². The van der Waals surface area contributed by atoms with Crippen molar-refractivity contribution in [3.8, 4) is 17.1 Å². The van der Waals surface area contributed by atoms with Crippen LogP contribution in [0.15, 0.2) is 55.1 Å². The summed E-state index contributed by atoms with van der Waals surface area (Å²) in [5.74, 6) is 0.661. The Morgan fingerprint density at radius 2 is 1.79 bits per heavy atom. The summed E-state index contributed by atoms with van der Waals surface area (Å²) < 4.78 is 5.20. The molecule has 2 heterocycles. The van der Waals surface area contributed by atoms with Gasteiger partial charge in [0.2, 0.25) is 5.91 Å². The van der Waals surface area contributed by atoms with Crippen molar-refractivity contribution < 1.29 is 14.3 Å². The van der Waals surface area contributed by atoms with Crippen LogP contribution in [0.2, 0.25) is 0 Å². The lowest BCUT2D eigenvalue weighted by Crippen LogP contribution is -2.45. The highest BCUT2D eigenvalue weighted by Crippen LogP contribution is 2.28. The molecule has 2 aromatic carbocycles. The number of aromatic nitrogens is 3. The van der Waals surface area contributed by atoms with Gasteiger partial charge in [-0.25, -0.2) is 15.0 Å². The normalized spacial score (nSPS) is 16.1. The zero-order chi connectivity index (χ0) is 20.4. The molecule has 0 saturated carbocycles. The molecule has 0 aliphatic carbocycles. The predicted octanol–water partition coefficient (Wildman–Crippen LogP) is 1.86. The van der Waals surface area contributed by atoms with Crippen LogP contribution in [0.3, 0.4) is 0 Å². The van der Waals surface area contributed by atoms with Gasteiger partial charge in [0.25, 0.3) is 5.91 Å². The molecule has 2 amide bonds. The Hall–Kier alpha value is -3.81. The van der Waals surface area contributed by atoms with Gasteiger partial charge in [0.15, 0.2) is 5.82 Å². The van der Waals surface area contributed by atoms with Crippen LogP contribution in [-0.2, 0) is 11.2 Å². The fraction of sp³-hybridized carbons (Fsp3) is 0.190. The molecule has 0 fully saturated rings. The van der Waals surface area contributed by atoms with Gasteiger partial charge < -0.3 is 15.0 Å². The van der Waals surface area contributed by atoms with E-state index in [1.165, 1.54) is 24.7 Å². The molecular formula is C21H19N5O3. The fourth-order valence-electron chi connectivity index (χ4n) is 3.32. The Morgan fingerprint density at radius 3 is 2.48 bits per heavy atom. The van der Waals surface area contributed by atoms with Crippen LogP contribution in [0.5, 0.6) is 5.75 Å². The molecule has 0 spiro atoms. The van der Waals surface area contributed by atoms with Crippen molar-refractivity contribution >= 4 is 17.5 Å². The molecule has 4 rings (SSSR count). The molecule has 1 aliphatic heterocycles. The maximum absolute atomic E-state index is 13.0. The maximum atomic E-state index is 13.0. The summed E-state index contributed by atoms with van der Waals surface area (Å²) in [4.78, 5) is 39.3. The minimum atomic E-state index is -0.672. The highest BCUT2D eigenvalue weighted by molar-refractivity contribution is 6.11. The summed E-state index contributed by atoms with van der Waals surface area (Å²) >= 11 is 0. The Labute approximate surface area is 167 Å². The smallest absolute Gasteiger partial charge is 0.254 e. The van der Waals surface area contributed by atoms with Gasteiger partial charge in [-0.2, -0.15) is 0 Å². The number of fused-ring (bicyclic) bond motifs is 1. The van der Waals surface area contributed by atoms with Gasteiger partial charge in [0, 0.05) is 19.0 Å². The summed E-state index contributed by atoms with van der Waals surface area (Å²) in [5, 5.41) is 2.84. The molecule has 8 nitrogen and oxygen atoms in total. The van der Waals surface area contributed by atoms with Crippen molar-refractivity contribution in [3.63, 3.8) is 0 Å². The largest absolute Gasteiger partial charge is 0.497 e. The van der Waals surface area contributed by atoms with Crippen molar-refractivity contribution in [2.24, 2.45) is 0 Å². The standard InChI is InChI=1S/C21H19N5O3/c1-26-18-8-7-15(29-2)10-16(18)20(27)25-17(21(26)28)9-13-3-5-14(6-4-13)19-23-11-22-12-24-19/h3-8,10-12,17H,9H2,1-2H3,(H,25,27). The number of hydrogen-bond acceptors (Lipinski definition) is 6. The van der Waals surface area contributed by atoms with Crippen molar-refractivity contribution in [3.05, 3.63) is 66.2 Å². The zero-order valence-electron chi connectivity index (χ0n) is 16.0. The molecule has 8 heteroatoms. The molecule has 146 valence electrons. The van der Waals surface area contributed by atoms with Crippen LogP contribution >= 0.6 is 0 Å². The first-order chi connectivity index (χ1) is 14.1. The number of carbonyl (C=O) groups excluding carboxylic acids is 2. The molecule has 0 radical (unpaired) electrons. The van der Waals surface area contributed by atoms with E-state index in [-0.39, 0.29) is 11.8 Å². The van der Waals surface area contributed by atoms with Gasteiger partial charge in [-0.1, -0.05) is 24.3 Å². The number of hydrogen-bond donors (Lipinski definition) is 1. The first kappa shape index (κ1) is 18.5. The van der Waals surface area contributed by atoms with E-state index < -0.39 is 6.04 Å². The number of likely N-dealkylation sites (N-methyl/N-ethyl adjacent to an activating group) is 1. The van der Waals surface area contributed by atoms with Crippen molar-refractivity contribution in [2.45, 2.75) is 12.5 Å². The third-order valence-electron chi connectivity index (χ3n) is 4.89. The number of ether oxygens (including phenoxy) is 1. The lowest BCUT2D eigenvalue weighted by molar-refractivity contribution is -0.120. The third kappa shape index (κ3) is 3.64. The van der Waals surface area contributed by atoms with E-state index in [1.54, 1.807) is 25.2 Å². The zero-order valence-corrected chi connectivity index (χ0v) is 16.0. The summed E-state index contributed by atoms with van der Waals surface area (Å²) in [5.41, 5.74) is 2.73. The highest BCUT2D eigenvalue weighted by Gasteiger charge is 2.32. The SMILES string of the molecule is COc1ccc2c(c1)C(=O)NC(Cc1ccc(-c3ncncn3)cc1)C(=O)N2C. The van der Waals surface area contributed by atoms with E-state index >= 15 is 0 Å². The molecule has 1 atom stereocenters. The fourth-order valence-corrected chi connectivity index (χ4v) is 3.32. The number of carbonyl (C=O) groups is 2. The van der Waals surface area contributed by atoms with Gasteiger partial charge in [0.05, 0.1) is 18.4 Å². The first-order valence-corrected chi connectivity index (χ1v) is 9.04. The number of nitrogens with zero attached hydrogens (tertiary/aromatic N) is 4. The Bertz CT molecular complexity index is 1050. The second-order valence-electron chi connectivity index (χ2n) is 6.67. The number of rotatable bonds is 4. The second-order valence-corrected chi connectivity index (χ2v) is 6.67. The van der Waals surface area contributed by atoms with Crippen molar-refractivity contribution in [1.29, 1.82) is 0 Å². The van der Waals surface area contributed by atoms with Gasteiger partial charge in [-0.05, 0) is 23.8 Å². The minimum Gasteiger partial charge on any atom is -0.497 e. The number of amides is 2. The monoisotopic (exact) mass is 389 g/mol. The summed E-state index contributed by atoms with van der Waals surface area (Å²) in [6, 6.07) is 12.0. The maximum Gasteiger partial charge on any atom is 0.254 e. The van der Waals surface area contributed by atoms with Crippen molar-refractivity contribution in [2.75, 3.05) is 19.1 Å². The van der Waals surface area contributed by atoms with E-state index in [9.17, 15) is 9.59 Å². The quantitative estimate of drug-likeness (QED) is 0.732. The van der Waals surface area contributed by atoms with E-state index in [2.05, 4.69) is 20.3 Å². The average Bonchev–Trinajstić information content (AvgIpc) is 2.85. The summed E-state index contributed by atoms with van der Waals surface area (Å²) in [7, 11) is 3.21. The summed E-state index contributed by atoms with van der Waals surface area (Å²) in [6.07, 6.45) is 3.26. The van der Waals surface area contributed by atoms with Gasteiger partial charge in [-0.15, -0.1) is 0 Å². The molecule has 1 aromatic heterocycles. The predicted molar refractivity (Wildman–Crippen MR) is 107 cm³/mol. The van der Waals surface area contributed by atoms with E-state index in [4.69, 9.17) is 4.74 Å². The number of nitrogens with one attached hydrogen (secondary N) is 1. The first-order valence-electron chi connectivity index (χ1n) is 9.04. The molecule has 1 aliphatic rings. The lowest BCUT2D eigenvalue weighted by Gasteiger charge is -2.21. The Kier molecular flexibility index (Phi) is 4.90. The van der Waals surface area contributed by atoms with Crippen LogP contribution in [-0.4, -0.2) is 47.0 Å². The molecule has 29 heavy (non-hydrogen) atoms. The highest BCUT2D eigenvalue weighted by atomic mass is 16.5. The van der Waals surface area contributed by atoms with Crippen LogP contribution < -0.4 is 15.0 Å². The third-order valence-corrected chi connectivity index (χ3v) is 4.89. The van der Waals surface area contributed by atoms with Gasteiger partial charge >= 0.3 is 0 Å². The van der Waals surface area contributed by atoms with E-state index in [1.807, 2.05) is 24.3 Å². The van der Waals surface area contributed by atoms with E-state index in [0.29, 0.717) is 29.2 Å². The molecule has 1 N–H and O–H groups in total. The minimum absolute atomic E-state index is 0.177. The molecule has 1 unspecified atom stereocenters.